The third-order valence-electron chi connectivity index (χ3n) is 1.84. The lowest BCUT2D eigenvalue weighted by Crippen LogP contribution is -2.30. The minimum absolute atomic E-state index is 0.00639. The molecule has 1 atom stereocenters. The summed E-state index contributed by atoms with van der Waals surface area (Å²) in [5.41, 5.74) is 1.71. The molecule has 1 amide bonds. The van der Waals surface area contributed by atoms with Crippen molar-refractivity contribution in [2.75, 3.05) is 7.11 Å². The lowest BCUT2D eigenvalue weighted by Gasteiger charge is -2.19. The van der Waals surface area contributed by atoms with Gasteiger partial charge in [-0.15, -0.1) is 0 Å². The second-order valence-electron chi connectivity index (χ2n) is 2.63. The lowest BCUT2D eigenvalue weighted by molar-refractivity contribution is -0.126. The van der Waals surface area contributed by atoms with E-state index in [-0.39, 0.29) is 11.3 Å². The van der Waals surface area contributed by atoms with Crippen LogP contribution in [0.15, 0.2) is 23.5 Å². The molecule has 1 rings (SSSR count). The highest BCUT2D eigenvalue weighted by atomic mass is 16.5. The Morgan fingerprint density at radius 3 is 3.00 bits per heavy atom. The molecule has 72 valence electrons. The molecule has 0 spiro atoms. The number of nitrogens with one attached hydrogen (secondary N) is 1. The van der Waals surface area contributed by atoms with Gasteiger partial charge in [-0.2, -0.15) is 0 Å². The van der Waals surface area contributed by atoms with Crippen molar-refractivity contribution in [2.45, 2.75) is 12.5 Å². The van der Waals surface area contributed by atoms with Crippen LogP contribution in [0.1, 0.15) is 6.42 Å². The zero-order valence-corrected chi connectivity index (χ0v) is 7.15. The fourth-order valence-corrected chi connectivity index (χ4v) is 1.17. The number of aliphatic hydroxyl groups is 1. The zero-order valence-electron chi connectivity index (χ0n) is 7.15. The summed E-state index contributed by atoms with van der Waals surface area (Å²) in [6, 6.07) is 0. The second kappa shape index (κ2) is 4.06. The molecule has 1 aliphatic rings. The van der Waals surface area contributed by atoms with Crippen molar-refractivity contribution < 1.29 is 19.8 Å². The van der Waals surface area contributed by atoms with Crippen molar-refractivity contribution in [3.63, 3.8) is 0 Å². The van der Waals surface area contributed by atoms with Crippen LogP contribution in [-0.2, 0) is 9.53 Å². The Bertz CT molecular complexity index is 269. The fraction of sp³-hybridized carbons (Fsp3) is 0.375. The molecule has 0 aromatic carbocycles. The van der Waals surface area contributed by atoms with E-state index in [9.17, 15) is 4.79 Å². The number of amides is 1. The van der Waals surface area contributed by atoms with Crippen LogP contribution in [0.2, 0.25) is 0 Å². The third-order valence-corrected chi connectivity index (χ3v) is 1.84. The number of hydrogen-bond donors (Lipinski definition) is 3. The van der Waals surface area contributed by atoms with Crippen LogP contribution in [0.4, 0.5) is 0 Å². The van der Waals surface area contributed by atoms with Gasteiger partial charge in [0.05, 0.1) is 11.7 Å². The average Bonchev–Trinajstić information content (AvgIpc) is 2.16. The van der Waals surface area contributed by atoms with Crippen LogP contribution in [0.25, 0.3) is 0 Å². The number of methoxy groups -OCH3 is 1. The van der Waals surface area contributed by atoms with E-state index in [1.165, 1.54) is 18.7 Å². The number of aliphatic hydroxyl groups excluding tert-OH is 1. The van der Waals surface area contributed by atoms with Gasteiger partial charge in [-0.05, 0) is 18.6 Å². The minimum Gasteiger partial charge on any atom is -0.508 e. The zero-order chi connectivity index (χ0) is 9.84. The first-order chi connectivity index (χ1) is 6.19. The van der Waals surface area contributed by atoms with Crippen LogP contribution in [0.3, 0.4) is 0 Å². The standard InChI is InChI=1S/C8H11NO4/c1-13-7-3-2-5(10)4-6(7)8(11)9-12/h2,4,7,10,12H,3H2,1H3,(H,9,11). The van der Waals surface area contributed by atoms with Crippen molar-refractivity contribution in [3.8, 4) is 0 Å². The van der Waals surface area contributed by atoms with Crippen molar-refractivity contribution in [2.24, 2.45) is 0 Å². The Kier molecular flexibility index (Phi) is 3.05. The molecule has 13 heavy (non-hydrogen) atoms. The minimum atomic E-state index is -0.661. The SMILES string of the molecule is COC1CC=C(O)C=C1C(=O)NO. The maximum Gasteiger partial charge on any atom is 0.273 e. The quantitative estimate of drug-likeness (QED) is 0.426. The molecular weight excluding hydrogens is 174 g/mol. The van der Waals surface area contributed by atoms with E-state index >= 15 is 0 Å². The normalized spacial score (nSPS) is 21.8. The van der Waals surface area contributed by atoms with Gasteiger partial charge >= 0.3 is 0 Å². The molecular formula is C8H11NO4. The highest BCUT2D eigenvalue weighted by molar-refractivity contribution is 5.94. The molecule has 0 heterocycles. The maximum atomic E-state index is 11.0. The Labute approximate surface area is 75.3 Å². The predicted molar refractivity (Wildman–Crippen MR) is 44.1 cm³/mol. The Hall–Kier alpha value is -1.33. The second-order valence-corrected chi connectivity index (χ2v) is 2.63. The highest BCUT2D eigenvalue weighted by Crippen LogP contribution is 2.18. The molecule has 5 heteroatoms. The molecule has 0 aliphatic heterocycles. The predicted octanol–water partition coefficient (Wildman–Crippen LogP) is 0.279. The summed E-state index contributed by atoms with van der Waals surface area (Å²) in [5, 5.41) is 17.5. The van der Waals surface area contributed by atoms with Crippen LogP contribution < -0.4 is 5.48 Å². The molecule has 0 saturated heterocycles. The Morgan fingerprint density at radius 2 is 2.46 bits per heavy atom. The number of carbonyl (C=O) groups excluding carboxylic acids is 1. The van der Waals surface area contributed by atoms with Gasteiger partial charge in [-0.25, -0.2) is 5.48 Å². The number of ether oxygens (including phenoxy) is 1. The average molecular weight is 185 g/mol. The van der Waals surface area contributed by atoms with E-state index in [1.807, 2.05) is 0 Å². The van der Waals surface area contributed by atoms with Gasteiger partial charge in [0.25, 0.3) is 5.91 Å². The number of carbonyl (C=O) groups is 1. The van der Waals surface area contributed by atoms with Gasteiger partial charge in [0.15, 0.2) is 0 Å². The Morgan fingerprint density at radius 1 is 1.77 bits per heavy atom. The van der Waals surface area contributed by atoms with Crippen LogP contribution in [0, 0.1) is 0 Å². The molecule has 0 radical (unpaired) electrons. The van der Waals surface area contributed by atoms with Crippen molar-refractivity contribution in [3.05, 3.63) is 23.5 Å². The highest BCUT2D eigenvalue weighted by Gasteiger charge is 2.22. The first-order valence-corrected chi connectivity index (χ1v) is 3.77. The smallest absolute Gasteiger partial charge is 0.273 e. The van der Waals surface area contributed by atoms with Crippen molar-refractivity contribution in [1.29, 1.82) is 0 Å². The monoisotopic (exact) mass is 185 g/mol. The summed E-state index contributed by atoms with van der Waals surface area (Å²) in [6.07, 6.45) is 2.82. The van der Waals surface area contributed by atoms with E-state index in [0.717, 1.165) is 0 Å². The molecule has 0 aromatic rings. The van der Waals surface area contributed by atoms with Gasteiger partial charge in [0.2, 0.25) is 0 Å². The molecule has 1 aliphatic carbocycles. The van der Waals surface area contributed by atoms with E-state index in [4.69, 9.17) is 15.1 Å². The van der Waals surface area contributed by atoms with Crippen molar-refractivity contribution >= 4 is 5.91 Å². The van der Waals surface area contributed by atoms with E-state index in [0.29, 0.717) is 6.42 Å². The van der Waals surface area contributed by atoms with Gasteiger partial charge in [0.1, 0.15) is 5.76 Å². The van der Waals surface area contributed by atoms with Gasteiger partial charge in [0, 0.05) is 7.11 Å². The first kappa shape index (κ1) is 9.76. The summed E-state index contributed by atoms with van der Waals surface area (Å²) in [7, 11) is 1.46. The molecule has 5 nitrogen and oxygen atoms in total. The van der Waals surface area contributed by atoms with Crippen LogP contribution in [0.5, 0.6) is 0 Å². The number of allylic oxidation sites excluding steroid dienone is 1. The summed E-state index contributed by atoms with van der Waals surface area (Å²) in [4.78, 5) is 11.0. The molecule has 0 bridgehead atoms. The maximum absolute atomic E-state index is 11.0. The molecule has 0 saturated carbocycles. The van der Waals surface area contributed by atoms with E-state index in [2.05, 4.69) is 0 Å². The van der Waals surface area contributed by atoms with Gasteiger partial charge in [-0.3, -0.25) is 10.0 Å². The summed E-state index contributed by atoms with van der Waals surface area (Å²) >= 11 is 0. The van der Waals surface area contributed by atoms with Gasteiger partial charge < -0.3 is 9.84 Å². The van der Waals surface area contributed by atoms with Crippen LogP contribution in [-0.4, -0.2) is 29.4 Å². The molecule has 0 aromatic heterocycles. The number of hydrogen-bond acceptors (Lipinski definition) is 4. The van der Waals surface area contributed by atoms with Crippen molar-refractivity contribution in [1.82, 2.24) is 5.48 Å². The third kappa shape index (κ3) is 2.07. The molecule has 1 unspecified atom stereocenters. The Balaban J connectivity index is 2.87. The van der Waals surface area contributed by atoms with E-state index in [1.54, 1.807) is 6.08 Å². The van der Waals surface area contributed by atoms with Gasteiger partial charge in [-0.1, -0.05) is 0 Å². The summed E-state index contributed by atoms with van der Waals surface area (Å²) < 4.78 is 4.98. The summed E-state index contributed by atoms with van der Waals surface area (Å²) in [5.74, 6) is -0.654. The fourth-order valence-electron chi connectivity index (χ4n) is 1.17. The molecule has 0 fully saturated rings. The number of hydroxylamine groups is 1. The van der Waals surface area contributed by atoms with Crippen LogP contribution >= 0.6 is 0 Å². The first-order valence-electron chi connectivity index (χ1n) is 3.77. The topological polar surface area (TPSA) is 78.8 Å². The van der Waals surface area contributed by atoms with E-state index < -0.39 is 12.0 Å². The number of rotatable bonds is 2. The summed E-state index contributed by atoms with van der Waals surface area (Å²) in [6.45, 7) is 0. The molecule has 3 N–H and O–H groups in total. The lowest BCUT2D eigenvalue weighted by atomic mass is 10.00. The largest absolute Gasteiger partial charge is 0.508 e.